The second kappa shape index (κ2) is 6.50. The number of nitrogens with one attached hydrogen (secondary N) is 1. The first-order chi connectivity index (χ1) is 8.95. The van der Waals surface area contributed by atoms with Gasteiger partial charge in [-0.15, -0.1) is 0 Å². The summed E-state index contributed by atoms with van der Waals surface area (Å²) < 4.78 is 4.83. The van der Waals surface area contributed by atoms with Gasteiger partial charge in [-0.2, -0.15) is 0 Å². The summed E-state index contributed by atoms with van der Waals surface area (Å²) in [5.74, 6) is -2.69. The molecular formula is C12H13NO6. The number of carboxylic acid groups (broad SMARTS) is 1. The molecule has 0 aliphatic heterocycles. The van der Waals surface area contributed by atoms with E-state index >= 15 is 0 Å². The number of carbonyl (C=O) groups is 3. The summed E-state index contributed by atoms with van der Waals surface area (Å²) in [4.78, 5) is 33.4. The summed E-state index contributed by atoms with van der Waals surface area (Å²) >= 11 is 0. The maximum absolute atomic E-state index is 11.8. The van der Waals surface area contributed by atoms with Crippen LogP contribution >= 0.6 is 0 Å². The number of benzene rings is 1. The second-order valence-corrected chi connectivity index (χ2v) is 3.64. The van der Waals surface area contributed by atoms with Crippen LogP contribution in [-0.2, 0) is 9.59 Å². The molecule has 0 spiro atoms. The fourth-order valence-electron chi connectivity index (χ4n) is 1.32. The summed E-state index contributed by atoms with van der Waals surface area (Å²) in [6.45, 7) is 0.444. The third-order valence-electron chi connectivity index (χ3n) is 2.17. The highest BCUT2D eigenvalue weighted by atomic mass is 16.5. The average Bonchev–Trinajstić information content (AvgIpc) is 2.35. The number of esters is 1. The minimum atomic E-state index is -1.42. The normalized spacial score (nSPS) is 11.5. The van der Waals surface area contributed by atoms with E-state index < -0.39 is 30.5 Å². The molecule has 7 nitrogen and oxygen atoms in total. The molecule has 7 heteroatoms. The molecule has 19 heavy (non-hydrogen) atoms. The average molecular weight is 267 g/mol. The molecule has 0 aliphatic rings. The number of aliphatic hydroxyl groups is 1. The van der Waals surface area contributed by atoms with Crippen LogP contribution in [-0.4, -0.2) is 40.7 Å². The van der Waals surface area contributed by atoms with E-state index in [0.29, 0.717) is 0 Å². The Balaban J connectivity index is 2.93. The molecule has 1 unspecified atom stereocenters. The molecule has 0 saturated carbocycles. The number of carbonyl (C=O) groups excluding carboxylic acids is 2. The minimum absolute atomic E-state index is 0.0115. The van der Waals surface area contributed by atoms with Crippen LogP contribution in [0.2, 0.25) is 0 Å². The molecule has 0 aliphatic carbocycles. The van der Waals surface area contributed by atoms with Gasteiger partial charge in [-0.1, -0.05) is 12.1 Å². The molecule has 1 rings (SSSR count). The van der Waals surface area contributed by atoms with Crippen LogP contribution in [0.25, 0.3) is 0 Å². The lowest BCUT2D eigenvalue weighted by Gasteiger charge is -2.13. The second-order valence-electron chi connectivity index (χ2n) is 3.64. The Hall–Kier alpha value is -2.41. The molecule has 0 fully saturated rings. The number of carboxylic acids is 1. The molecule has 1 amide bonds. The molecule has 0 radical (unpaired) electrons. The molecule has 0 saturated heterocycles. The van der Waals surface area contributed by atoms with E-state index in [1.807, 2.05) is 0 Å². The van der Waals surface area contributed by atoms with E-state index in [1.54, 1.807) is 6.07 Å². The lowest BCUT2D eigenvalue weighted by molar-refractivity contribution is -0.140. The quantitative estimate of drug-likeness (QED) is 0.502. The first-order valence-electron chi connectivity index (χ1n) is 5.37. The van der Waals surface area contributed by atoms with Crippen molar-refractivity contribution in [1.29, 1.82) is 0 Å². The van der Waals surface area contributed by atoms with Crippen molar-refractivity contribution in [3.05, 3.63) is 29.8 Å². The number of amides is 1. The number of rotatable bonds is 5. The highest BCUT2D eigenvalue weighted by molar-refractivity contribution is 5.99. The van der Waals surface area contributed by atoms with E-state index in [0.717, 1.165) is 0 Å². The molecular weight excluding hydrogens is 254 g/mol. The van der Waals surface area contributed by atoms with Crippen LogP contribution in [0, 0.1) is 0 Å². The number of aliphatic hydroxyl groups excluding tert-OH is 1. The van der Waals surface area contributed by atoms with Crippen molar-refractivity contribution in [3.8, 4) is 5.75 Å². The maximum Gasteiger partial charge on any atom is 0.328 e. The van der Waals surface area contributed by atoms with Crippen LogP contribution in [0.15, 0.2) is 24.3 Å². The van der Waals surface area contributed by atoms with Gasteiger partial charge in [-0.25, -0.2) is 4.79 Å². The highest BCUT2D eigenvalue weighted by Crippen LogP contribution is 2.18. The van der Waals surface area contributed by atoms with Gasteiger partial charge in [0.05, 0.1) is 12.2 Å². The van der Waals surface area contributed by atoms with Gasteiger partial charge in [-0.05, 0) is 12.1 Å². The summed E-state index contributed by atoms with van der Waals surface area (Å²) in [5, 5.41) is 19.7. The monoisotopic (exact) mass is 267 g/mol. The molecule has 1 atom stereocenters. The van der Waals surface area contributed by atoms with Crippen molar-refractivity contribution in [2.45, 2.75) is 13.0 Å². The van der Waals surface area contributed by atoms with Gasteiger partial charge in [-0.3, -0.25) is 9.59 Å². The maximum atomic E-state index is 11.8. The number of aliphatic carboxylic acids is 1. The van der Waals surface area contributed by atoms with E-state index in [-0.39, 0.29) is 11.3 Å². The van der Waals surface area contributed by atoms with E-state index in [4.69, 9.17) is 14.9 Å². The summed E-state index contributed by atoms with van der Waals surface area (Å²) in [6.07, 6.45) is 0. The van der Waals surface area contributed by atoms with Gasteiger partial charge in [0.1, 0.15) is 5.75 Å². The van der Waals surface area contributed by atoms with Crippen molar-refractivity contribution in [3.63, 3.8) is 0 Å². The zero-order chi connectivity index (χ0) is 14.4. The van der Waals surface area contributed by atoms with Gasteiger partial charge in [0.15, 0.2) is 6.04 Å². The van der Waals surface area contributed by atoms with Gasteiger partial charge in [0.2, 0.25) is 0 Å². The van der Waals surface area contributed by atoms with Gasteiger partial charge in [0.25, 0.3) is 5.91 Å². The molecule has 3 N–H and O–H groups in total. The Morgan fingerprint density at radius 3 is 2.47 bits per heavy atom. The van der Waals surface area contributed by atoms with Gasteiger partial charge in [0, 0.05) is 6.92 Å². The Morgan fingerprint density at radius 1 is 1.32 bits per heavy atom. The minimum Gasteiger partial charge on any atom is -0.480 e. The van der Waals surface area contributed by atoms with Crippen molar-refractivity contribution in [2.75, 3.05) is 6.61 Å². The van der Waals surface area contributed by atoms with E-state index in [9.17, 15) is 14.4 Å². The molecule has 0 heterocycles. The van der Waals surface area contributed by atoms with Crippen LogP contribution in [0.5, 0.6) is 5.75 Å². The topological polar surface area (TPSA) is 113 Å². The predicted molar refractivity (Wildman–Crippen MR) is 63.7 cm³/mol. The first-order valence-corrected chi connectivity index (χ1v) is 5.37. The number of hydrogen-bond donors (Lipinski definition) is 3. The van der Waals surface area contributed by atoms with E-state index in [1.165, 1.54) is 25.1 Å². The third-order valence-corrected chi connectivity index (χ3v) is 2.17. The first kappa shape index (κ1) is 14.7. The number of para-hydroxylation sites is 1. The summed E-state index contributed by atoms with van der Waals surface area (Å²) in [6, 6.07) is 4.47. The Bertz CT molecular complexity index is 499. The molecule has 0 bridgehead atoms. The van der Waals surface area contributed by atoms with Crippen molar-refractivity contribution in [1.82, 2.24) is 5.32 Å². The predicted octanol–water partition coefficient (Wildman–Crippen LogP) is -0.213. The standard InChI is InChI=1S/C12H13NO6/c1-7(15)19-10-5-3-2-4-8(10)11(16)13-9(6-14)12(17)18/h2-5,9,14H,6H2,1H3,(H,13,16)(H,17,18). The van der Waals surface area contributed by atoms with Crippen molar-refractivity contribution >= 4 is 17.8 Å². The zero-order valence-corrected chi connectivity index (χ0v) is 10.1. The fraction of sp³-hybridized carbons (Fsp3) is 0.250. The summed E-state index contributed by atoms with van der Waals surface area (Å²) in [7, 11) is 0. The molecule has 102 valence electrons. The number of ether oxygens (including phenoxy) is 1. The lowest BCUT2D eigenvalue weighted by Crippen LogP contribution is -2.43. The van der Waals surface area contributed by atoms with Crippen LogP contribution < -0.4 is 10.1 Å². The Kier molecular flexibility index (Phi) is 5.01. The largest absolute Gasteiger partial charge is 0.480 e. The number of hydrogen-bond acceptors (Lipinski definition) is 5. The smallest absolute Gasteiger partial charge is 0.328 e. The molecule has 1 aromatic rings. The SMILES string of the molecule is CC(=O)Oc1ccccc1C(=O)NC(CO)C(=O)O. The third kappa shape index (κ3) is 4.07. The summed E-state index contributed by atoms with van der Waals surface area (Å²) in [5.41, 5.74) is 0.0115. The van der Waals surface area contributed by atoms with Crippen LogP contribution in [0.1, 0.15) is 17.3 Å². The fourth-order valence-corrected chi connectivity index (χ4v) is 1.32. The molecule has 0 aromatic heterocycles. The van der Waals surface area contributed by atoms with Crippen LogP contribution in [0.3, 0.4) is 0 Å². The van der Waals surface area contributed by atoms with Crippen LogP contribution in [0.4, 0.5) is 0 Å². The highest BCUT2D eigenvalue weighted by Gasteiger charge is 2.21. The lowest BCUT2D eigenvalue weighted by atomic mass is 10.1. The van der Waals surface area contributed by atoms with Crippen molar-refractivity contribution in [2.24, 2.45) is 0 Å². The Morgan fingerprint density at radius 2 is 1.95 bits per heavy atom. The van der Waals surface area contributed by atoms with Gasteiger partial charge < -0.3 is 20.3 Å². The van der Waals surface area contributed by atoms with Gasteiger partial charge >= 0.3 is 11.9 Å². The molecule has 1 aromatic carbocycles. The zero-order valence-electron chi connectivity index (χ0n) is 10.1. The van der Waals surface area contributed by atoms with E-state index in [2.05, 4.69) is 5.32 Å². The van der Waals surface area contributed by atoms with Crippen molar-refractivity contribution < 1.29 is 29.3 Å². The Labute approximate surface area is 108 Å².